The van der Waals surface area contributed by atoms with Crippen LogP contribution < -0.4 is 5.73 Å². The van der Waals surface area contributed by atoms with Crippen LogP contribution in [0.3, 0.4) is 0 Å². The zero-order chi connectivity index (χ0) is 10.7. The molecule has 1 saturated heterocycles. The van der Waals surface area contributed by atoms with Gasteiger partial charge in [0.1, 0.15) is 0 Å². The standard InChI is InChI=1S/C12H25N3/c1-14-7-9-15(10-8-14)12-4-2-3-11(13)5-6-12/h11-12H,2-10,13H2,1H3. The van der Waals surface area contributed by atoms with E-state index in [0.717, 1.165) is 6.04 Å². The van der Waals surface area contributed by atoms with E-state index in [-0.39, 0.29) is 0 Å². The van der Waals surface area contributed by atoms with Gasteiger partial charge in [-0.05, 0) is 32.7 Å². The fourth-order valence-corrected chi connectivity index (χ4v) is 2.86. The summed E-state index contributed by atoms with van der Waals surface area (Å²) < 4.78 is 0. The van der Waals surface area contributed by atoms with Crippen molar-refractivity contribution in [3.8, 4) is 0 Å². The molecule has 1 heterocycles. The minimum atomic E-state index is 0.475. The molecule has 1 aliphatic heterocycles. The molecule has 3 heteroatoms. The molecule has 0 aromatic rings. The molecule has 2 N–H and O–H groups in total. The quantitative estimate of drug-likeness (QED) is 0.654. The number of nitrogens with zero attached hydrogens (tertiary/aromatic N) is 2. The van der Waals surface area contributed by atoms with E-state index in [1.807, 2.05) is 0 Å². The minimum absolute atomic E-state index is 0.475. The highest BCUT2D eigenvalue weighted by atomic mass is 15.3. The molecule has 2 unspecified atom stereocenters. The van der Waals surface area contributed by atoms with Crippen molar-refractivity contribution in [3.63, 3.8) is 0 Å². The lowest BCUT2D eigenvalue weighted by atomic mass is 10.1. The molecule has 0 aromatic carbocycles. The molecule has 0 aromatic heterocycles. The van der Waals surface area contributed by atoms with Crippen molar-refractivity contribution in [3.05, 3.63) is 0 Å². The highest BCUT2D eigenvalue weighted by Crippen LogP contribution is 2.22. The second-order valence-corrected chi connectivity index (χ2v) is 5.26. The van der Waals surface area contributed by atoms with Gasteiger partial charge in [0.25, 0.3) is 0 Å². The summed E-state index contributed by atoms with van der Waals surface area (Å²) >= 11 is 0. The van der Waals surface area contributed by atoms with Crippen LogP contribution >= 0.6 is 0 Å². The number of piperazine rings is 1. The van der Waals surface area contributed by atoms with Gasteiger partial charge in [-0.25, -0.2) is 0 Å². The number of likely N-dealkylation sites (N-methyl/N-ethyl adjacent to an activating group) is 1. The maximum atomic E-state index is 6.02. The SMILES string of the molecule is CN1CCN(C2CCCC(N)CC2)CC1. The molecule has 0 amide bonds. The van der Waals surface area contributed by atoms with Gasteiger partial charge in [-0.1, -0.05) is 6.42 Å². The van der Waals surface area contributed by atoms with Gasteiger partial charge >= 0.3 is 0 Å². The van der Waals surface area contributed by atoms with Crippen molar-refractivity contribution in [1.29, 1.82) is 0 Å². The van der Waals surface area contributed by atoms with Crippen LogP contribution in [0.4, 0.5) is 0 Å². The Morgan fingerprint density at radius 1 is 0.933 bits per heavy atom. The van der Waals surface area contributed by atoms with Gasteiger partial charge in [0.15, 0.2) is 0 Å². The molecule has 0 bridgehead atoms. The Morgan fingerprint density at radius 2 is 1.67 bits per heavy atom. The predicted octanol–water partition coefficient (Wildman–Crippen LogP) is 0.894. The Kier molecular flexibility index (Phi) is 4.00. The number of rotatable bonds is 1. The molecule has 2 rings (SSSR count). The molecule has 1 aliphatic carbocycles. The Bertz CT molecular complexity index is 187. The van der Waals surface area contributed by atoms with E-state index < -0.39 is 0 Å². The first kappa shape index (κ1) is 11.4. The molecule has 2 aliphatic rings. The van der Waals surface area contributed by atoms with Crippen LogP contribution in [0.15, 0.2) is 0 Å². The highest BCUT2D eigenvalue weighted by Gasteiger charge is 2.24. The smallest absolute Gasteiger partial charge is 0.0113 e. The van der Waals surface area contributed by atoms with E-state index in [0.29, 0.717) is 6.04 Å². The summed E-state index contributed by atoms with van der Waals surface area (Å²) in [5.74, 6) is 0. The van der Waals surface area contributed by atoms with Gasteiger partial charge in [0.2, 0.25) is 0 Å². The second-order valence-electron chi connectivity index (χ2n) is 5.26. The third-order valence-corrected chi connectivity index (χ3v) is 4.04. The van der Waals surface area contributed by atoms with Crippen LogP contribution in [-0.2, 0) is 0 Å². The van der Waals surface area contributed by atoms with Gasteiger partial charge in [-0.3, -0.25) is 4.90 Å². The number of nitrogens with two attached hydrogens (primary N) is 1. The monoisotopic (exact) mass is 211 g/mol. The zero-order valence-electron chi connectivity index (χ0n) is 9.99. The Labute approximate surface area is 93.6 Å². The maximum absolute atomic E-state index is 6.02. The van der Waals surface area contributed by atoms with Gasteiger partial charge in [-0.2, -0.15) is 0 Å². The van der Waals surface area contributed by atoms with Gasteiger partial charge in [0.05, 0.1) is 0 Å². The highest BCUT2D eigenvalue weighted by molar-refractivity contribution is 4.81. The average Bonchev–Trinajstić information content (AvgIpc) is 2.44. The van der Waals surface area contributed by atoms with E-state index in [1.54, 1.807) is 0 Å². The summed E-state index contributed by atoms with van der Waals surface area (Å²) in [5, 5.41) is 0. The third-order valence-electron chi connectivity index (χ3n) is 4.04. The van der Waals surface area contributed by atoms with E-state index >= 15 is 0 Å². The fraction of sp³-hybridized carbons (Fsp3) is 1.00. The van der Waals surface area contributed by atoms with E-state index in [2.05, 4.69) is 16.8 Å². The van der Waals surface area contributed by atoms with Crippen molar-refractivity contribution in [1.82, 2.24) is 9.80 Å². The molecule has 0 radical (unpaired) electrons. The van der Waals surface area contributed by atoms with Crippen LogP contribution in [0.2, 0.25) is 0 Å². The molecule has 0 spiro atoms. The van der Waals surface area contributed by atoms with Crippen LogP contribution in [0.1, 0.15) is 32.1 Å². The van der Waals surface area contributed by atoms with Crippen molar-refractivity contribution in [2.75, 3.05) is 33.2 Å². The van der Waals surface area contributed by atoms with Gasteiger partial charge in [-0.15, -0.1) is 0 Å². The fourth-order valence-electron chi connectivity index (χ4n) is 2.86. The Hall–Kier alpha value is -0.120. The summed E-state index contributed by atoms with van der Waals surface area (Å²) in [7, 11) is 2.22. The predicted molar refractivity (Wildman–Crippen MR) is 63.9 cm³/mol. The van der Waals surface area contributed by atoms with Gasteiger partial charge < -0.3 is 10.6 Å². The molecule has 15 heavy (non-hydrogen) atoms. The minimum Gasteiger partial charge on any atom is -0.328 e. The lowest BCUT2D eigenvalue weighted by molar-refractivity contribution is 0.103. The molecule has 2 fully saturated rings. The molecular formula is C12H25N3. The van der Waals surface area contributed by atoms with Crippen molar-refractivity contribution in [2.45, 2.75) is 44.2 Å². The summed E-state index contributed by atoms with van der Waals surface area (Å²) in [4.78, 5) is 5.12. The first-order chi connectivity index (χ1) is 7.25. The average molecular weight is 211 g/mol. The van der Waals surface area contributed by atoms with Crippen LogP contribution in [0, 0.1) is 0 Å². The van der Waals surface area contributed by atoms with Crippen LogP contribution in [0.5, 0.6) is 0 Å². The normalized spacial score (nSPS) is 36.4. The van der Waals surface area contributed by atoms with Gasteiger partial charge in [0, 0.05) is 38.3 Å². The van der Waals surface area contributed by atoms with E-state index in [4.69, 9.17) is 5.73 Å². The third kappa shape index (κ3) is 3.16. The molecule has 1 saturated carbocycles. The largest absolute Gasteiger partial charge is 0.328 e. The number of hydrogen-bond donors (Lipinski definition) is 1. The lowest BCUT2D eigenvalue weighted by Crippen LogP contribution is -2.48. The van der Waals surface area contributed by atoms with E-state index in [1.165, 1.54) is 58.3 Å². The maximum Gasteiger partial charge on any atom is 0.0113 e. The molecule has 88 valence electrons. The van der Waals surface area contributed by atoms with Crippen LogP contribution in [-0.4, -0.2) is 55.1 Å². The molecule has 2 atom stereocenters. The summed E-state index contributed by atoms with van der Waals surface area (Å²) in [5.41, 5.74) is 6.02. The Morgan fingerprint density at radius 3 is 2.40 bits per heavy atom. The first-order valence-electron chi connectivity index (χ1n) is 6.44. The number of hydrogen-bond acceptors (Lipinski definition) is 3. The van der Waals surface area contributed by atoms with Crippen LogP contribution in [0.25, 0.3) is 0 Å². The topological polar surface area (TPSA) is 32.5 Å². The summed E-state index contributed by atoms with van der Waals surface area (Å²) in [6.07, 6.45) is 6.50. The summed E-state index contributed by atoms with van der Waals surface area (Å²) in [6, 6.07) is 1.30. The van der Waals surface area contributed by atoms with Crippen molar-refractivity contribution < 1.29 is 0 Å². The van der Waals surface area contributed by atoms with Crippen molar-refractivity contribution in [2.24, 2.45) is 5.73 Å². The zero-order valence-corrected chi connectivity index (χ0v) is 9.99. The first-order valence-corrected chi connectivity index (χ1v) is 6.44. The van der Waals surface area contributed by atoms with E-state index in [9.17, 15) is 0 Å². The second kappa shape index (κ2) is 5.28. The Balaban J connectivity index is 1.82. The lowest BCUT2D eigenvalue weighted by Gasteiger charge is -2.37. The summed E-state index contributed by atoms with van der Waals surface area (Å²) in [6.45, 7) is 5.00. The molecular weight excluding hydrogens is 186 g/mol. The molecule has 3 nitrogen and oxygen atoms in total. The van der Waals surface area contributed by atoms with Crippen molar-refractivity contribution >= 4 is 0 Å².